The Bertz CT molecular complexity index is 461. The summed E-state index contributed by atoms with van der Waals surface area (Å²) in [5, 5.41) is 0. The minimum absolute atomic E-state index is 0.0912. The van der Waals surface area contributed by atoms with E-state index in [4.69, 9.17) is 10.5 Å². The van der Waals surface area contributed by atoms with Gasteiger partial charge in [-0.25, -0.2) is 4.79 Å². The summed E-state index contributed by atoms with van der Waals surface area (Å²) in [6.07, 6.45) is -2.15. The highest BCUT2D eigenvalue weighted by Crippen LogP contribution is 2.29. The maximum atomic E-state index is 12.1. The van der Waals surface area contributed by atoms with Gasteiger partial charge in [-0.3, -0.25) is 0 Å². The summed E-state index contributed by atoms with van der Waals surface area (Å²) in [6, 6.07) is 3.27. The average molecular weight is 291 g/mol. The van der Waals surface area contributed by atoms with Gasteiger partial charge in [0.25, 0.3) is 0 Å². The molecule has 2 N–H and O–H groups in total. The third-order valence-electron chi connectivity index (χ3n) is 2.45. The Balaban J connectivity index is 2.64. The van der Waals surface area contributed by atoms with Crippen molar-refractivity contribution in [1.82, 2.24) is 0 Å². The van der Waals surface area contributed by atoms with Crippen molar-refractivity contribution in [3.8, 4) is 5.75 Å². The normalized spacial score (nSPS) is 11.2. The summed E-state index contributed by atoms with van der Waals surface area (Å²) < 4.78 is 44.8. The van der Waals surface area contributed by atoms with Gasteiger partial charge in [0.05, 0.1) is 17.9 Å². The van der Waals surface area contributed by atoms with Crippen LogP contribution in [0.3, 0.4) is 0 Å². The van der Waals surface area contributed by atoms with Crippen LogP contribution < -0.4 is 10.5 Å². The van der Waals surface area contributed by atoms with Gasteiger partial charge in [0, 0.05) is 0 Å². The Kier molecular flexibility index (Phi) is 5.66. The van der Waals surface area contributed by atoms with E-state index in [0.717, 1.165) is 31.4 Å². The fraction of sp³-hybridized carbons (Fsp3) is 0.462. The zero-order chi connectivity index (χ0) is 15.2. The smallest absolute Gasteiger partial charge is 0.462 e. The molecule has 7 heteroatoms. The van der Waals surface area contributed by atoms with E-state index >= 15 is 0 Å². The predicted molar refractivity (Wildman–Crippen MR) is 67.3 cm³/mol. The molecule has 0 atom stereocenters. The molecule has 0 spiro atoms. The molecule has 0 saturated carbocycles. The average Bonchev–Trinajstić information content (AvgIpc) is 2.35. The van der Waals surface area contributed by atoms with Gasteiger partial charge in [-0.1, -0.05) is 19.8 Å². The van der Waals surface area contributed by atoms with E-state index in [2.05, 4.69) is 4.74 Å². The number of halogens is 3. The van der Waals surface area contributed by atoms with E-state index < -0.39 is 18.1 Å². The number of hydrogen-bond donors (Lipinski definition) is 1. The Labute approximate surface area is 114 Å². The molecule has 4 nitrogen and oxygen atoms in total. The Morgan fingerprint density at radius 2 is 2.00 bits per heavy atom. The molecule has 0 aliphatic rings. The van der Waals surface area contributed by atoms with Crippen molar-refractivity contribution in [2.24, 2.45) is 0 Å². The van der Waals surface area contributed by atoms with Crippen LogP contribution in [-0.2, 0) is 4.74 Å². The van der Waals surface area contributed by atoms with Crippen molar-refractivity contribution in [3.05, 3.63) is 23.8 Å². The van der Waals surface area contributed by atoms with Gasteiger partial charge in [-0.05, 0) is 24.6 Å². The Morgan fingerprint density at radius 3 is 2.55 bits per heavy atom. The lowest BCUT2D eigenvalue weighted by molar-refractivity contribution is -0.274. The van der Waals surface area contributed by atoms with Gasteiger partial charge in [-0.2, -0.15) is 0 Å². The molecule has 1 aromatic carbocycles. The molecule has 0 aromatic heterocycles. The van der Waals surface area contributed by atoms with Gasteiger partial charge >= 0.3 is 12.3 Å². The number of carbonyl (C=O) groups excluding carboxylic acids is 1. The molecule has 1 rings (SSSR count). The monoisotopic (exact) mass is 291 g/mol. The van der Waals surface area contributed by atoms with Gasteiger partial charge in [0.2, 0.25) is 0 Å². The molecule has 1 aromatic rings. The van der Waals surface area contributed by atoms with Gasteiger partial charge in [0.15, 0.2) is 5.75 Å². The highest BCUT2D eigenvalue weighted by molar-refractivity contribution is 5.91. The number of rotatable bonds is 6. The summed E-state index contributed by atoms with van der Waals surface area (Å²) in [5.41, 5.74) is 5.23. The SMILES string of the molecule is CCCCCOC(=O)c1ccc(OC(F)(F)F)c(N)c1. The van der Waals surface area contributed by atoms with E-state index in [9.17, 15) is 18.0 Å². The molecule has 0 amide bonds. The fourth-order valence-electron chi connectivity index (χ4n) is 1.49. The summed E-state index contributed by atoms with van der Waals surface area (Å²) in [7, 11) is 0. The van der Waals surface area contributed by atoms with E-state index in [1.807, 2.05) is 6.92 Å². The second kappa shape index (κ2) is 7.02. The van der Waals surface area contributed by atoms with Crippen LogP contribution in [0.15, 0.2) is 18.2 Å². The number of alkyl halides is 3. The predicted octanol–water partition coefficient (Wildman–Crippen LogP) is 3.51. The molecule has 112 valence electrons. The quantitative estimate of drug-likeness (QED) is 0.495. The van der Waals surface area contributed by atoms with Crippen LogP contribution in [0.4, 0.5) is 18.9 Å². The number of hydrogen-bond acceptors (Lipinski definition) is 4. The van der Waals surface area contributed by atoms with Crippen molar-refractivity contribution in [2.75, 3.05) is 12.3 Å². The highest BCUT2D eigenvalue weighted by atomic mass is 19.4. The first-order valence-electron chi connectivity index (χ1n) is 6.16. The first-order chi connectivity index (χ1) is 9.33. The highest BCUT2D eigenvalue weighted by Gasteiger charge is 2.32. The maximum absolute atomic E-state index is 12.1. The van der Waals surface area contributed by atoms with Crippen molar-refractivity contribution in [2.45, 2.75) is 32.5 Å². The molecule has 0 aliphatic heterocycles. The van der Waals surface area contributed by atoms with Crippen LogP contribution in [0.2, 0.25) is 0 Å². The molecule has 0 bridgehead atoms. The topological polar surface area (TPSA) is 61.5 Å². The van der Waals surface area contributed by atoms with Crippen LogP contribution in [0.1, 0.15) is 36.5 Å². The van der Waals surface area contributed by atoms with E-state index in [-0.39, 0.29) is 17.9 Å². The standard InChI is InChI=1S/C13H16F3NO3/c1-2-3-4-7-19-12(18)9-5-6-11(10(17)8-9)20-13(14,15)16/h5-6,8H,2-4,7,17H2,1H3. The molecule has 20 heavy (non-hydrogen) atoms. The van der Waals surface area contributed by atoms with Gasteiger partial charge < -0.3 is 15.2 Å². The number of nitrogen functional groups attached to an aromatic ring is 1. The maximum Gasteiger partial charge on any atom is 0.573 e. The Morgan fingerprint density at radius 1 is 1.30 bits per heavy atom. The lowest BCUT2D eigenvalue weighted by atomic mass is 10.2. The Hall–Kier alpha value is -1.92. The minimum atomic E-state index is -4.82. The number of esters is 1. The molecule has 0 aliphatic carbocycles. The first-order valence-corrected chi connectivity index (χ1v) is 6.16. The number of nitrogens with two attached hydrogens (primary N) is 1. The lowest BCUT2D eigenvalue weighted by Gasteiger charge is -2.12. The van der Waals surface area contributed by atoms with Crippen molar-refractivity contribution >= 4 is 11.7 Å². The van der Waals surface area contributed by atoms with Crippen LogP contribution in [0.5, 0.6) is 5.75 Å². The van der Waals surface area contributed by atoms with Gasteiger partial charge in [0.1, 0.15) is 0 Å². The molecular weight excluding hydrogens is 275 g/mol. The number of anilines is 1. The summed E-state index contributed by atoms with van der Waals surface area (Å²) in [5.74, 6) is -1.16. The minimum Gasteiger partial charge on any atom is -0.462 e. The largest absolute Gasteiger partial charge is 0.573 e. The summed E-state index contributed by atoms with van der Waals surface area (Å²) in [6.45, 7) is 2.29. The van der Waals surface area contributed by atoms with Crippen molar-refractivity contribution in [1.29, 1.82) is 0 Å². The third-order valence-corrected chi connectivity index (χ3v) is 2.45. The molecule has 0 heterocycles. The number of ether oxygens (including phenoxy) is 2. The second-order valence-corrected chi connectivity index (χ2v) is 4.14. The molecular formula is C13H16F3NO3. The fourth-order valence-corrected chi connectivity index (χ4v) is 1.49. The summed E-state index contributed by atoms with van der Waals surface area (Å²) in [4.78, 5) is 11.6. The number of unbranched alkanes of at least 4 members (excludes halogenated alkanes) is 2. The second-order valence-electron chi connectivity index (χ2n) is 4.14. The molecule has 0 unspecified atom stereocenters. The molecule has 0 radical (unpaired) electrons. The van der Waals surface area contributed by atoms with E-state index in [0.29, 0.717) is 0 Å². The number of benzene rings is 1. The van der Waals surface area contributed by atoms with Crippen LogP contribution >= 0.6 is 0 Å². The lowest BCUT2D eigenvalue weighted by Crippen LogP contribution is -2.18. The first kappa shape index (κ1) is 16.1. The van der Waals surface area contributed by atoms with Crippen LogP contribution in [-0.4, -0.2) is 18.9 Å². The molecule has 0 fully saturated rings. The summed E-state index contributed by atoms with van der Waals surface area (Å²) >= 11 is 0. The zero-order valence-electron chi connectivity index (χ0n) is 11.0. The van der Waals surface area contributed by atoms with E-state index in [1.165, 1.54) is 6.07 Å². The van der Waals surface area contributed by atoms with E-state index in [1.54, 1.807) is 0 Å². The van der Waals surface area contributed by atoms with Crippen LogP contribution in [0, 0.1) is 0 Å². The third kappa shape index (κ3) is 5.38. The van der Waals surface area contributed by atoms with Crippen molar-refractivity contribution in [3.63, 3.8) is 0 Å². The zero-order valence-corrected chi connectivity index (χ0v) is 11.0. The van der Waals surface area contributed by atoms with Crippen molar-refractivity contribution < 1.29 is 27.4 Å². The van der Waals surface area contributed by atoms with Crippen LogP contribution in [0.25, 0.3) is 0 Å². The number of carbonyl (C=O) groups is 1. The van der Waals surface area contributed by atoms with Gasteiger partial charge in [-0.15, -0.1) is 13.2 Å². The molecule has 0 saturated heterocycles.